The molecule has 0 radical (unpaired) electrons. The van der Waals surface area contributed by atoms with Gasteiger partial charge in [0.2, 0.25) is 0 Å². The molecule has 12 rings (SSSR count). The normalized spacial score (nSPS) is 13.0. The molecule has 10 aromatic rings. The van der Waals surface area contributed by atoms with Crippen LogP contribution < -0.4 is 38.9 Å². The van der Waals surface area contributed by atoms with Crippen molar-refractivity contribution in [3.8, 4) is 34.5 Å². The maximum atomic E-state index is 6.77. The van der Waals surface area contributed by atoms with E-state index in [2.05, 4.69) is 330 Å². The molecule has 0 N–H and O–H groups in total. The van der Waals surface area contributed by atoms with E-state index in [-0.39, 0.29) is 0 Å². The molecule has 6 nitrogen and oxygen atoms in total. The van der Waals surface area contributed by atoms with E-state index in [1.807, 2.05) is 47.0 Å². The van der Waals surface area contributed by atoms with Crippen LogP contribution in [0.1, 0.15) is 274 Å². The minimum Gasteiger partial charge on any atom is -0.493 e. The Balaban J connectivity index is 0.773. The molecular formula is C112H126O6S4. The first-order chi connectivity index (χ1) is 60.3. The largest absolute Gasteiger partial charge is 0.493 e. The molecule has 0 aliphatic carbocycles. The van der Waals surface area contributed by atoms with Crippen molar-refractivity contribution in [3.63, 3.8) is 0 Å². The Hall–Kier alpha value is -9.68. The van der Waals surface area contributed by atoms with Crippen molar-refractivity contribution in [1.29, 1.82) is 0 Å². The third kappa shape index (κ3) is 28.4. The fraction of sp³-hybridized carbons (Fsp3) is 0.321. The van der Waals surface area contributed by atoms with Crippen LogP contribution in [0.3, 0.4) is 0 Å². The lowest BCUT2D eigenvalue weighted by molar-refractivity contribution is 0.296. The molecule has 0 amide bonds. The molecule has 0 fully saturated rings. The molecule has 0 saturated heterocycles. The summed E-state index contributed by atoms with van der Waals surface area (Å²) in [4.78, 5) is 0. The lowest BCUT2D eigenvalue weighted by Gasteiger charge is -2.16. The third-order valence-electron chi connectivity index (χ3n) is 22.0. The molecule has 0 saturated carbocycles. The van der Waals surface area contributed by atoms with Gasteiger partial charge in [-0.1, -0.05) is 429 Å². The fourth-order valence-electron chi connectivity index (χ4n) is 15.0. The highest BCUT2D eigenvalue weighted by atomic mass is 32.2. The van der Waals surface area contributed by atoms with Crippen molar-refractivity contribution in [2.45, 2.75) is 196 Å². The molecule has 2 heterocycles. The van der Waals surface area contributed by atoms with Gasteiger partial charge in [-0.3, -0.25) is 0 Å². The van der Waals surface area contributed by atoms with Gasteiger partial charge >= 0.3 is 0 Å². The SMILES string of the molecule is CCCCCCOc1cc(/C=C/c2ccc(/C=C/c3cc(OCCCCCC)c(/C=C/c4ccc(/C=C/c5cc(OCCCCCC)c(/C=C/c6ccc(/C=C/c7ccc8c(=C9SC=CS9)c9ccccc9c(=C9SC=CS9)c8c7)cc6)cc5OCCCCCC)cc4)cc3OCCCCCC)cc2)c(OCCCCCC)cc1/C=C/c1ccccc1. The van der Waals surface area contributed by atoms with E-state index in [4.69, 9.17) is 28.4 Å². The molecule has 0 bridgehead atoms. The predicted molar refractivity (Wildman–Crippen MR) is 542 cm³/mol. The van der Waals surface area contributed by atoms with Gasteiger partial charge in [-0.2, -0.15) is 0 Å². The molecule has 0 atom stereocenters. The second-order valence-electron chi connectivity index (χ2n) is 31.7. The van der Waals surface area contributed by atoms with E-state index in [0.29, 0.717) is 39.6 Å². The Morgan fingerprint density at radius 3 is 0.672 bits per heavy atom. The van der Waals surface area contributed by atoms with Crippen LogP contribution in [-0.4, -0.2) is 39.6 Å². The van der Waals surface area contributed by atoms with Crippen LogP contribution in [0, 0.1) is 0 Å². The highest BCUT2D eigenvalue weighted by molar-refractivity contribution is 8.35. The summed E-state index contributed by atoms with van der Waals surface area (Å²) in [6.07, 6.45) is 57.8. The Morgan fingerprint density at radius 2 is 0.410 bits per heavy atom. The van der Waals surface area contributed by atoms with Gasteiger partial charge in [0.15, 0.2) is 0 Å². The first-order valence-electron chi connectivity index (χ1n) is 45.4. The lowest BCUT2D eigenvalue weighted by atomic mass is 9.97. The van der Waals surface area contributed by atoms with Crippen LogP contribution in [0.5, 0.6) is 34.5 Å². The van der Waals surface area contributed by atoms with Crippen molar-refractivity contribution in [1.82, 2.24) is 0 Å². The highest BCUT2D eigenvalue weighted by Gasteiger charge is 2.19. The average Bonchev–Trinajstić information content (AvgIpc) is 1.18. The quantitative estimate of drug-likeness (QED) is 0.0209. The van der Waals surface area contributed by atoms with Gasteiger partial charge in [0.05, 0.1) is 48.1 Å². The van der Waals surface area contributed by atoms with E-state index in [1.54, 1.807) is 0 Å². The van der Waals surface area contributed by atoms with Gasteiger partial charge in [-0.15, -0.1) is 0 Å². The van der Waals surface area contributed by atoms with Crippen LogP contribution in [0.4, 0.5) is 0 Å². The van der Waals surface area contributed by atoms with E-state index in [0.717, 1.165) is 184 Å². The molecule has 122 heavy (non-hydrogen) atoms. The van der Waals surface area contributed by atoms with Gasteiger partial charge < -0.3 is 28.4 Å². The van der Waals surface area contributed by atoms with E-state index >= 15 is 0 Å². The second-order valence-corrected chi connectivity index (χ2v) is 35.9. The minimum absolute atomic E-state index is 0.640. The van der Waals surface area contributed by atoms with Gasteiger partial charge in [0, 0.05) is 43.8 Å². The summed E-state index contributed by atoms with van der Waals surface area (Å²) in [6.45, 7) is 17.4. The molecule has 634 valence electrons. The maximum absolute atomic E-state index is 6.77. The van der Waals surface area contributed by atoms with Crippen molar-refractivity contribution >= 4 is 162 Å². The van der Waals surface area contributed by atoms with Gasteiger partial charge in [-0.05, 0) is 169 Å². The van der Waals surface area contributed by atoms with Gasteiger partial charge in [0.1, 0.15) is 34.5 Å². The Morgan fingerprint density at radius 1 is 0.197 bits per heavy atom. The number of rotatable bonds is 50. The summed E-state index contributed by atoms with van der Waals surface area (Å²) >= 11 is 7.30. The van der Waals surface area contributed by atoms with E-state index in [1.165, 1.54) is 123 Å². The monoisotopic (exact) mass is 1690 g/mol. The molecule has 10 heteroatoms. The zero-order valence-electron chi connectivity index (χ0n) is 73.0. The summed E-state index contributed by atoms with van der Waals surface area (Å²) in [5.74, 6) is 5.13. The number of fused-ring (bicyclic) bond motifs is 2. The van der Waals surface area contributed by atoms with Crippen molar-refractivity contribution in [2.24, 2.45) is 0 Å². The van der Waals surface area contributed by atoms with E-state index in [9.17, 15) is 0 Å². The Kier molecular flexibility index (Phi) is 38.6. The number of ether oxygens (including phenoxy) is 6. The smallest absolute Gasteiger partial charge is 0.127 e. The second kappa shape index (κ2) is 51.4. The third-order valence-corrected chi connectivity index (χ3v) is 26.3. The standard InChI is InChI=1S/C112H126O6S4/c1-7-13-19-30-68-113-103-80-94(104(114-69-31-20-14-8-2)79-93(103)61-54-85-36-26-25-27-37-85)63-56-88-44-46-89(47-45-88)58-65-97-83-108(118-73-35-24-18-12-6)98(84-107(97)117-72-34-23-17-11-5)66-59-91-50-48-90(49-51-91)57-64-96-82-105(115-70-32-21-15-9-3)95(81-106(96)116-71-33-22-16-10-4)62-55-87-42-40-86(41-43-87)52-53-92-60-67-101-102(78-92)110(112-121-76-77-122-112)100-39-29-28-38-99(100)109(101)111-119-74-75-120-111/h25-29,36-67,74-84H,7-24,30-35,68-73H2,1-6H3/b53-52+,61-54+,62-55+,63-56+,64-57+,65-58+,66-59+. The van der Waals surface area contributed by atoms with Gasteiger partial charge in [-0.25, -0.2) is 0 Å². The first-order valence-corrected chi connectivity index (χ1v) is 48.9. The zero-order valence-corrected chi connectivity index (χ0v) is 76.3. The topological polar surface area (TPSA) is 55.4 Å². The van der Waals surface area contributed by atoms with E-state index < -0.39 is 0 Å². The summed E-state index contributed by atoms with van der Waals surface area (Å²) in [5, 5.41) is 16.7. The maximum Gasteiger partial charge on any atom is 0.127 e. The van der Waals surface area contributed by atoms with Crippen LogP contribution in [-0.2, 0) is 0 Å². The van der Waals surface area contributed by atoms with Crippen LogP contribution in [0.15, 0.2) is 204 Å². The molecule has 2 aliphatic heterocycles. The zero-order chi connectivity index (χ0) is 84.4. The molecular weight excluding hydrogens is 1570 g/mol. The number of benzene rings is 10. The number of hydrogen-bond donors (Lipinski definition) is 0. The van der Waals surface area contributed by atoms with Crippen LogP contribution in [0.25, 0.3) is 115 Å². The van der Waals surface area contributed by atoms with Gasteiger partial charge in [0.25, 0.3) is 0 Å². The highest BCUT2D eigenvalue weighted by Crippen LogP contribution is 2.43. The molecule has 0 unspecified atom stereocenters. The fourth-order valence-corrected chi connectivity index (χ4v) is 18.8. The van der Waals surface area contributed by atoms with Crippen molar-refractivity contribution < 1.29 is 28.4 Å². The van der Waals surface area contributed by atoms with Crippen LogP contribution in [0.2, 0.25) is 0 Å². The Labute approximate surface area is 746 Å². The molecule has 10 aromatic carbocycles. The average molecular weight is 1700 g/mol. The molecule has 2 aliphatic rings. The Bertz CT molecular complexity index is 5350. The molecule has 0 spiro atoms. The number of thioether (sulfide) groups is 4. The summed E-state index contributed by atoms with van der Waals surface area (Å²) in [5.41, 5.74) is 14.9. The summed E-state index contributed by atoms with van der Waals surface area (Å²) < 4.78 is 42.9. The first kappa shape index (κ1) is 91.5. The molecule has 0 aromatic heterocycles. The lowest BCUT2D eigenvalue weighted by Crippen LogP contribution is -2.16. The minimum atomic E-state index is 0.640. The summed E-state index contributed by atoms with van der Waals surface area (Å²) in [6, 6.07) is 65.9. The predicted octanol–water partition coefficient (Wildman–Crippen LogP) is 33.0. The number of unbranched alkanes of at least 4 members (excludes halogenated alkanes) is 18. The van der Waals surface area contributed by atoms with Crippen LogP contribution >= 0.6 is 47.0 Å². The van der Waals surface area contributed by atoms with Crippen molar-refractivity contribution in [3.05, 3.63) is 292 Å². The van der Waals surface area contributed by atoms with Crippen molar-refractivity contribution in [2.75, 3.05) is 39.6 Å². The number of hydrogen-bond acceptors (Lipinski definition) is 10. The summed E-state index contributed by atoms with van der Waals surface area (Å²) in [7, 11) is 0.